The minimum absolute atomic E-state index is 0.0387. The minimum Gasteiger partial charge on any atom is -0.481 e. The van der Waals surface area contributed by atoms with E-state index in [1.807, 2.05) is 6.92 Å². The lowest BCUT2D eigenvalue weighted by atomic mass is 9.70. The van der Waals surface area contributed by atoms with Gasteiger partial charge in [-0.2, -0.15) is 0 Å². The van der Waals surface area contributed by atoms with Crippen molar-refractivity contribution >= 4 is 5.97 Å². The summed E-state index contributed by atoms with van der Waals surface area (Å²) in [4.78, 5) is 10.6. The maximum Gasteiger partial charge on any atom is 0.309 e. The molecule has 2 N–H and O–H groups in total. The molecular weight excluding hydrogens is 172 g/mol. The van der Waals surface area contributed by atoms with Gasteiger partial charge in [0.25, 0.3) is 0 Å². The van der Waals surface area contributed by atoms with E-state index in [9.17, 15) is 9.90 Å². The Morgan fingerprint density at radius 3 is 2.62 bits per heavy atom. The van der Waals surface area contributed by atoms with E-state index in [0.29, 0.717) is 19.4 Å². The molecule has 0 aromatic carbocycles. The Balaban J connectivity index is 2.41. The van der Waals surface area contributed by atoms with E-state index in [4.69, 9.17) is 9.84 Å². The number of carbonyl (C=O) groups is 1. The van der Waals surface area contributed by atoms with Gasteiger partial charge in [0.1, 0.15) is 0 Å². The average molecular weight is 188 g/mol. The topological polar surface area (TPSA) is 66.8 Å². The van der Waals surface area contributed by atoms with E-state index >= 15 is 0 Å². The van der Waals surface area contributed by atoms with Crippen LogP contribution < -0.4 is 0 Å². The first-order valence-electron chi connectivity index (χ1n) is 4.56. The summed E-state index contributed by atoms with van der Waals surface area (Å²) in [5, 5.41) is 18.5. The molecular formula is C9H16O4. The first kappa shape index (κ1) is 10.5. The van der Waals surface area contributed by atoms with Gasteiger partial charge in [0.05, 0.1) is 17.6 Å². The zero-order chi connectivity index (χ0) is 10.1. The molecule has 1 atom stereocenters. The summed E-state index contributed by atoms with van der Waals surface area (Å²) < 4.78 is 5.25. The number of ether oxygens (including phenoxy) is 1. The molecule has 0 amide bonds. The van der Waals surface area contributed by atoms with Crippen molar-refractivity contribution in [3.05, 3.63) is 0 Å². The molecule has 0 heterocycles. The van der Waals surface area contributed by atoms with Crippen LogP contribution in [0.15, 0.2) is 0 Å². The largest absolute Gasteiger partial charge is 0.481 e. The van der Waals surface area contributed by atoms with Crippen molar-refractivity contribution in [3.63, 3.8) is 0 Å². The average Bonchev–Trinajstić information content (AvgIpc) is 2.00. The Kier molecular flexibility index (Phi) is 2.93. The van der Waals surface area contributed by atoms with Crippen molar-refractivity contribution < 1.29 is 19.7 Å². The summed E-state index contributed by atoms with van der Waals surface area (Å²) in [5.74, 6) is -1.65. The van der Waals surface area contributed by atoms with E-state index in [-0.39, 0.29) is 6.10 Å². The second kappa shape index (κ2) is 3.64. The molecule has 0 aliphatic heterocycles. The second-order valence-electron chi connectivity index (χ2n) is 3.65. The molecule has 0 radical (unpaired) electrons. The highest BCUT2D eigenvalue weighted by molar-refractivity contribution is 5.71. The molecule has 4 heteroatoms. The Morgan fingerprint density at radius 1 is 1.69 bits per heavy atom. The van der Waals surface area contributed by atoms with E-state index in [1.54, 1.807) is 0 Å². The van der Waals surface area contributed by atoms with Crippen molar-refractivity contribution in [1.29, 1.82) is 0 Å². The third-order valence-corrected chi connectivity index (χ3v) is 2.74. The van der Waals surface area contributed by atoms with Gasteiger partial charge in [-0.15, -0.1) is 0 Å². The van der Waals surface area contributed by atoms with Crippen molar-refractivity contribution in [1.82, 2.24) is 0 Å². The van der Waals surface area contributed by atoms with Crippen LogP contribution in [0, 0.1) is 5.92 Å². The van der Waals surface area contributed by atoms with Crippen LogP contribution in [0.25, 0.3) is 0 Å². The molecule has 1 fully saturated rings. The van der Waals surface area contributed by atoms with Crippen LogP contribution in [-0.4, -0.2) is 34.5 Å². The van der Waals surface area contributed by atoms with Crippen LogP contribution in [-0.2, 0) is 9.53 Å². The van der Waals surface area contributed by atoms with Crippen LogP contribution in [0.1, 0.15) is 26.7 Å². The molecule has 13 heavy (non-hydrogen) atoms. The molecule has 4 nitrogen and oxygen atoms in total. The van der Waals surface area contributed by atoms with Gasteiger partial charge in [-0.25, -0.2) is 0 Å². The molecule has 0 aromatic heterocycles. The number of hydrogen-bond acceptors (Lipinski definition) is 3. The molecule has 1 unspecified atom stereocenters. The van der Waals surface area contributed by atoms with Gasteiger partial charge in [0.2, 0.25) is 0 Å². The third-order valence-electron chi connectivity index (χ3n) is 2.74. The quantitative estimate of drug-likeness (QED) is 0.679. The standard InChI is InChI=1S/C9H16O4/c1-3-13-7-4-9(12,5-7)6(2)8(10)11/h6-7,12H,3-5H2,1-2H3,(H,10,11). The van der Waals surface area contributed by atoms with Gasteiger partial charge < -0.3 is 14.9 Å². The van der Waals surface area contributed by atoms with Gasteiger partial charge in [-0.3, -0.25) is 4.79 Å². The van der Waals surface area contributed by atoms with Gasteiger partial charge in [-0.1, -0.05) is 0 Å². The number of carboxylic acid groups (broad SMARTS) is 1. The van der Waals surface area contributed by atoms with E-state index < -0.39 is 17.5 Å². The lowest BCUT2D eigenvalue weighted by molar-refractivity contribution is -0.181. The molecule has 1 aliphatic carbocycles. The maximum atomic E-state index is 10.6. The van der Waals surface area contributed by atoms with E-state index in [2.05, 4.69) is 0 Å². The highest BCUT2D eigenvalue weighted by atomic mass is 16.5. The van der Waals surface area contributed by atoms with Crippen LogP contribution in [0.5, 0.6) is 0 Å². The Hall–Kier alpha value is -0.610. The van der Waals surface area contributed by atoms with Crippen molar-refractivity contribution in [3.8, 4) is 0 Å². The van der Waals surface area contributed by atoms with E-state index in [0.717, 1.165) is 0 Å². The molecule has 1 aliphatic rings. The fourth-order valence-corrected chi connectivity index (χ4v) is 1.67. The summed E-state index contributed by atoms with van der Waals surface area (Å²) >= 11 is 0. The van der Waals surface area contributed by atoms with Gasteiger partial charge in [0, 0.05) is 19.4 Å². The van der Waals surface area contributed by atoms with Crippen molar-refractivity contribution in [2.75, 3.05) is 6.61 Å². The predicted octanol–water partition coefficient (Wildman–Crippen LogP) is 0.637. The summed E-state index contributed by atoms with van der Waals surface area (Å²) in [6, 6.07) is 0. The lowest BCUT2D eigenvalue weighted by Crippen LogP contribution is -2.54. The lowest BCUT2D eigenvalue weighted by Gasteiger charge is -2.45. The van der Waals surface area contributed by atoms with Crippen LogP contribution >= 0.6 is 0 Å². The zero-order valence-corrected chi connectivity index (χ0v) is 7.99. The van der Waals surface area contributed by atoms with Crippen LogP contribution in [0.4, 0.5) is 0 Å². The SMILES string of the molecule is CCOC1CC(O)(C(C)C(=O)O)C1. The smallest absolute Gasteiger partial charge is 0.309 e. The molecule has 76 valence electrons. The fraction of sp³-hybridized carbons (Fsp3) is 0.889. The molecule has 0 spiro atoms. The van der Waals surface area contributed by atoms with Gasteiger partial charge >= 0.3 is 5.97 Å². The third kappa shape index (κ3) is 2.00. The number of hydrogen-bond donors (Lipinski definition) is 2. The first-order valence-corrected chi connectivity index (χ1v) is 4.56. The number of aliphatic carboxylic acids is 1. The summed E-state index contributed by atoms with van der Waals surface area (Å²) in [5.41, 5.74) is -1.05. The Labute approximate surface area is 77.5 Å². The molecule has 1 saturated carbocycles. The summed E-state index contributed by atoms with van der Waals surface area (Å²) in [6.07, 6.45) is 0.916. The molecule has 0 aromatic rings. The summed E-state index contributed by atoms with van der Waals surface area (Å²) in [7, 11) is 0. The zero-order valence-electron chi connectivity index (χ0n) is 7.99. The normalized spacial score (nSPS) is 35.2. The number of carboxylic acids is 1. The molecule has 0 saturated heterocycles. The minimum atomic E-state index is -1.05. The van der Waals surface area contributed by atoms with Crippen LogP contribution in [0.2, 0.25) is 0 Å². The Bertz CT molecular complexity index is 196. The summed E-state index contributed by atoms with van der Waals surface area (Å²) in [6.45, 7) is 4.03. The Morgan fingerprint density at radius 2 is 2.23 bits per heavy atom. The van der Waals surface area contributed by atoms with Crippen molar-refractivity contribution in [2.24, 2.45) is 5.92 Å². The second-order valence-corrected chi connectivity index (χ2v) is 3.65. The number of aliphatic hydroxyl groups is 1. The first-order chi connectivity index (χ1) is 5.99. The van der Waals surface area contributed by atoms with E-state index in [1.165, 1.54) is 6.92 Å². The fourth-order valence-electron chi connectivity index (χ4n) is 1.67. The highest BCUT2D eigenvalue weighted by Gasteiger charge is 2.49. The predicted molar refractivity (Wildman–Crippen MR) is 46.4 cm³/mol. The van der Waals surface area contributed by atoms with Crippen molar-refractivity contribution in [2.45, 2.75) is 38.4 Å². The molecule has 1 rings (SSSR count). The monoisotopic (exact) mass is 188 g/mol. The number of rotatable bonds is 4. The van der Waals surface area contributed by atoms with Gasteiger partial charge in [0.15, 0.2) is 0 Å². The highest BCUT2D eigenvalue weighted by Crippen LogP contribution is 2.40. The van der Waals surface area contributed by atoms with Gasteiger partial charge in [-0.05, 0) is 13.8 Å². The molecule has 0 bridgehead atoms. The maximum absolute atomic E-state index is 10.6. The van der Waals surface area contributed by atoms with Crippen LogP contribution in [0.3, 0.4) is 0 Å².